The Hall–Kier alpha value is -1.65. The van der Waals surface area contributed by atoms with Crippen molar-refractivity contribution >= 4 is 17.0 Å². The normalized spacial score (nSPS) is 17.2. The number of rotatable bonds is 3. The zero-order valence-corrected chi connectivity index (χ0v) is 10.8. The van der Waals surface area contributed by atoms with E-state index in [4.69, 9.17) is 0 Å². The molecule has 0 spiro atoms. The second-order valence-corrected chi connectivity index (χ2v) is 5.18. The molecule has 2 aromatic rings. The summed E-state index contributed by atoms with van der Waals surface area (Å²) >= 11 is 0. The predicted octanol–water partition coefficient (Wildman–Crippen LogP) is 2.37. The number of nitrogens with one attached hydrogen (secondary N) is 1. The van der Waals surface area contributed by atoms with Gasteiger partial charge in [0, 0.05) is 13.6 Å². The third-order valence-corrected chi connectivity index (χ3v) is 3.82. The fourth-order valence-corrected chi connectivity index (χ4v) is 2.89. The minimum atomic E-state index is 0.746. The minimum absolute atomic E-state index is 0.746. The number of H-pyrrole nitrogens is 1. The van der Waals surface area contributed by atoms with Gasteiger partial charge in [0.05, 0.1) is 6.33 Å². The molecule has 0 aliphatic heterocycles. The fourth-order valence-electron chi connectivity index (χ4n) is 2.89. The van der Waals surface area contributed by atoms with E-state index in [1.165, 1.54) is 32.1 Å². The summed E-state index contributed by atoms with van der Waals surface area (Å²) in [7, 11) is 2.11. The molecule has 2 heterocycles. The number of hydrogen-bond donors (Lipinski definition) is 1. The Balaban J connectivity index is 1.78. The average molecular weight is 245 g/mol. The highest BCUT2D eigenvalue weighted by atomic mass is 15.2. The van der Waals surface area contributed by atoms with Gasteiger partial charge >= 0.3 is 0 Å². The van der Waals surface area contributed by atoms with Crippen LogP contribution in [0.1, 0.15) is 32.1 Å². The zero-order chi connectivity index (χ0) is 12.4. The van der Waals surface area contributed by atoms with Gasteiger partial charge in [-0.2, -0.15) is 0 Å². The van der Waals surface area contributed by atoms with Crippen molar-refractivity contribution in [3.05, 3.63) is 12.7 Å². The molecule has 0 unspecified atom stereocenters. The van der Waals surface area contributed by atoms with E-state index in [-0.39, 0.29) is 0 Å². The van der Waals surface area contributed by atoms with Gasteiger partial charge in [0.15, 0.2) is 11.5 Å². The molecular formula is C13H19N5. The lowest BCUT2D eigenvalue weighted by atomic mass is 9.89. The van der Waals surface area contributed by atoms with Crippen LogP contribution in [-0.4, -0.2) is 33.5 Å². The monoisotopic (exact) mass is 245 g/mol. The summed E-state index contributed by atoms with van der Waals surface area (Å²) in [5.74, 6) is 1.76. The molecule has 96 valence electrons. The Morgan fingerprint density at radius 1 is 1.22 bits per heavy atom. The molecule has 1 saturated carbocycles. The molecule has 5 heteroatoms. The standard InChI is InChI=1S/C13H19N5/c1-18(7-10-5-3-2-4-6-10)13-11-12(15-8-14-11)16-9-17-13/h8-10H,2-7H2,1H3,(H,14,15,16,17). The second-order valence-electron chi connectivity index (χ2n) is 5.18. The Kier molecular flexibility index (Phi) is 3.13. The Morgan fingerprint density at radius 3 is 2.89 bits per heavy atom. The predicted molar refractivity (Wildman–Crippen MR) is 71.5 cm³/mol. The van der Waals surface area contributed by atoms with Gasteiger partial charge in [-0.15, -0.1) is 0 Å². The number of anilines is 1. The first-order chi connectivity index (χ1) is 8.84. The summed E-state index contributed by atoms with van der Waals surface area (Å²) in [5, 5.41) is 0. The third kappa shape index (κ3) is 2.17. The summed E-state index contributed by atoms with van der Waals surface area (Å²) < 4.78 is 0. The smallest absolute Gasteiger partial charge is 0.182 e. The van der Waals surface area contributed by atoms with Crippen LogP contribution in [0.4, 0.5) is 5.82 Å². The van der Waals surface area contributed by atoms with E-state index in [0.717, 1.165) is 29.4 Å². The van der Waals surface area contributed by atoms with E-state index < -0.39 is 0 Å². The summed E-state index contributed by atoms with van der Waals surface area (Å²) in [6.07, 6.45) is 10.1. The molecule has 0 bridgehead atoms. The van der Waals surface area contributed by atoms with E-state index in [9.17, 15) is 0 Å². The maximum atomic E-state index is 4.39. The molecule has 0 amide bonds. The first kappa shape index (κ1) is 11.4. The van der Waals surface area contributed by atoms with Crippen LogP contribution >= 0.6 is 0 Å². The highest BCUT2D eigenvalue weighted by Crippen LogP contribution is 2.26. The van der Waals surface area contributed by atoms with Gasteiger partial charge in [-0.25, -0.2) is 15.0 Å². The SMILES string of the molecule is CN(CC1CCCCC1)c1ncnc2nc[nH]c12. The van der Waals surface area contributed by atoms with Gasteiger partial charge in [-0.1, -0.05) is 19.3 Å². The van der Waals surface area contributed by atoms with Crippen molar-refractivity contribution in [2.75, 3.05) is 18.5 Å². The number of nitrogens with zero attached hydrogens (tertiary/aromatic N) is 4. The Labute approximate surface area is 107 Å². The highest BCUT2D eigenvalue weighted by molar-refractivity contribution is 5.82. The van der Waals surface area contributed by atoms with E-state index >= 15 is 0 Å². The van der Waals surface area contributed by atoms with Crippen LogP contribution in [0.3, 0.4) is 0 Å². The molecule has 1 aliphatic rings. The molecule has 0 atom stereocenters. The van der Waals surface area contributed by atoms with Gasteiger partial charge in [-0.3, -0.25) is 0 Å². The van der Waals surface area contributed by atoms with Crippen molar-refractivity contribution in [1.29, 1.82) is 0 Å². The highest BCUT2D eigenvalue weighted by Gasteiger charge is 2.18. The summed E-state index contributed by atoms with van der Waals surface area (Å²) in [5.41, 5.74) is 1.69. The first-order valence-electron chi connectivity index (χ1n) is 6.70. The molecule has 0 radical (unpaired) electrons. The molecule has 3 rings (SSSR count). The van der Waals surface area contributed by atoms with Crippen molar-refractivity contribution < 1.29 is 0 Å². The summed E-state index contributed by atoms with van der Waals surface area (Å²) in [6.45, 7) is 1.07. The number of imidazole rings is 1. The topological polar surface area (TPSA) is 57.7 Å². The van der Waals surface area contributed by atoms with Gasteiger partial charge in [0.2, 0.25) is 0 Å². The Morgan fingerprint density at radius 2 is 2.06 bits per heavy atom. The summed E-state index contributed by atoms with van der Waals surface area (Å²) in [6, 6.07) is 0. The van der Waals surface area contributed by atoms with Crippen molar-refractivity contribution in [1.82, 2.24) is 19.9 Å². The van der Waals surface area contributed by atoms with Crippen LogP contribution in [0.2, 0.25) is 0 Å². The van der Waals surface area contributed by atoms with Gasteiger partial charge in [0.1, 0.15) is 11.8 Å². The van der Waals surface area contributed by atoms with Crippen LogP contribution in [0, 0.1) is 5.92 Å². The molecule has 0 saturated heterocycles. The molecule has 1 aliphatic carbocycles. The molecule has 5 nitrogen and oxygen atoms in total. The van der Waals surface area contributed by atoms with Crippen molar-refractivity contribution in [3.63, 3.8) is 0 Å². The van der Waals surface area contributed by atoms with E-state index in [2.05, 4.69) is 31.9 Å². The Bertz CT molecular complexity index is 515. The van der Waals surface area contributed by atoms with Crippen LogP contribution in [0.15, 0.2) is 12.7 Å². The quantitative estimate of drug-likeness (QED) is 0.902. The van der Waals surface area contributed by atoms with E-state index in [1.54, 1.807) is 12.7 Å². The van der Waals surface area contributed by atoms with Crippen LogP contribution in [-0.2, 0) is 0 Å². The lowest BCUT2D eigenvalue weighted by molar-refractivity contribution is 0.362. The lowest BCUT2D eigenvalue weighted by Crippen LogP contribution is -2.27. The molecule has 1 N–H and O–H groups in total. The fraction of sp³-hybridized carbons (Fsp3) is 0.615. The third-order valence-electron chi connectivity index (χ3n) is 3.82. The molecule has 2 aromatic heterocycles. The van der Waals surface area contributed by atoms with E-state index in [0.29, 0.717) is 0 Å². The second kappa shape index (κ2) is 4.92. The van der Waals surface area contributed by atoms with Crippen LogP contribution < -0.4 is 4.90 Å². The number of aromatic nitrogens is 4. The minimum Gasteiger partial charge on any atom is -0.358 e. The maximum absolute atomic E-state index is 4.39. The van der Waals surface area contributed by atoms with E-state index in [1.807, 2.05) is 0 Å². The van der Waals surface area contributed by atoms with Crippen LogP contribution in [0.5, 0.6) is 0 Å². The number of fused-ring (bicyclic) bond motifs is 1. The number of aromatic amines is 1. The molecule has 0 aromatic carbocycles. The van der Waals surface area contributed by atoms with Gasteiger partial charge < -0.3 is 9.88 Å². The maximum Gasteiger partial charge on any atom is 0.182 e. The van der Waals surface area contributed by atoms with Crippen molar-refractivity contribution in [3.8, 4) is 0 Å². The van der Waals surface area contributed by atoms with Crippen molar-refractivity contribution in [2.24, 2.45) is 5.92 Å². The average Bonchev–Trinajstić information content (AvgIpc) is 2.87. The molecule has 18 heavy (non-hydrogen) atoms. The van der Waals surface area contributed by atoms with Gasteiger partial charge in [0.25, 0.3) is 0 Å². The molecule has 1 fully saturated rings. The lowest BCUT2D eigenvalue weighted by Gasteiger charge is -2.27. The zero-order valence-electron chi connectivity index (χ0n) is 10.8. The largest absolute Gasteiger partial charge is 0.358 e. The first-order valence-corrected chi connectivity index (χ1v) is 6.70. The van der Waals surface area contributed by atoms with Crippen LogP contribution in [0.25, 0.3) is 11.2 Å². The summed E-state index contributed by atoms with van der Waals surface area (Å²) in [4.78, 5) is 18.1. The van der Waals surface area contributed by atoms with Gasteiger partial charge in [-0.05, 0) is 18.8 Å². The number of hydrogen-bond acceptors (Lipinski definition) is 4. The molecular weight excluding hydrogens is 226 g/mol. The van der Waals surface area contributed by atoms with Crippen molar-refractivity contribution in [2.45, 2.75) is 32.1 Å².